The van der Waals surface area contributed by atoms with Gasteiger partial charge in [-0.3, -0.25) is 4.79 Å². The highest BCUT2D eigenvalue weighted by Crippen LogP contribution is 2.35. The van der Waals surface area contributed by atoms with E-state index in [4.69, 9.17) is 0 Å². The summed E-state index contributed by atoms with van der Waals surface area (Å²) in [6, 6.07) is -0.167. The lowest BCUT2D eigenvalue weighted by Crippen LogP contribution is -2.46. The van der Waals surface area contributed by atoms with Gasteiger partial charge in [-0.05, 0) is 11.8 Å². The molecule has 2 rings (SSSR count). The lowest BCUT2D eigenvalue weighted by atomic mass is 9.87. The second-order valence-electron chi connectivity index (χ2n) is 6.64. The summed E-state index contributed by atoms with van der Waals surface area (Å²) in [6.45, 7) is 6.07. The predicted octanol–water partition coefficient (Wildman–Crippen LogP) is 1.97. The van der Waals surface area contributed by atoms with E-state index in [1.54, 1.807) is 4.90 Å². The van der Waals surface area contributed by atoms with Crippen LogP contribution in [0, 0.1) is 11.8 Å². The van der Waals surface area contributed by atoms with Gasteiger partial charge in [0.2, 0.25) is 5.91 Å². The molecule has 0 aliphatic carbocycles. The van der Waals surface area contributed by atoms with Gasteiger partial charge in [-0.1, -0.05) is 20.3 Å². The fourth-order valence-corrected chi connectivity index (χ4v) is 3.86. The highest BCUT2D eigenvalue weighted by Gasteiger charge is 2.44. The lowest BCUT2D eigenvalue weighted by Gasteiger charge is -2.36. The summed E-state index contributed by atoms with van der Waals surface area (Å²) < 4.78 is 26.5. The van der Waals surface area contributed by atoms with E-state index in [-0.39, 0.29) is 37.3 Å². The fourth-order valence-electron chi connectivity index (χ4n) is 3.86. The van der Waals surface area contributed by atoms with Crippen molar-refractivity contribution in [1.82, 2.24) is 9.80 Å². The smallest absolute Gasteiger partial charge is 0.250 e. The number of hydrogen-bond donors (Lipinski definition) is 1. The van der Waals surface area contributed by atoms with Crippen LogP contribution in [0.4, 0.5) is 8.78 Å². The van der Waals surface area contributed by atoms with Gasteiger partial charge in [0.25, 0.3) is 5.92 Å². The number of halogens is 2. The monoisotopic (exact) mass is 318 g/mol. The van der Waals surface area contributed by atoms with Crippen molar-refractivity contribution in [2.75, 3.05) is 32.8 Å². The van der Waals surface area contributed by atoms with Gasteiger partial charge in [0.15, 0.2) is 0 Å². The van der Waals surface area contributed by atoms with Gasteiger partial charge < -0.3 is 14.9 Å². The molecule has 1 N–H and O–H groups in total. The van der Waals surface area contributed by atoms with Crippen molar-refractivity contribution in [2.45, 2.75) is 51.5 Å². The minimum Gasteiger partial charge on any atom is -0.394 e. The molecule has 3 atom stereocenters. The summed E-state index contributed by atoms with van der Waals surface area (Å²) in [6.07, 6.45) is 1.21. The number of amides is 1. The summed E-state index contributed by atoms with van der Waals surface area (Å²) in [7, 11) is 0. The van der Waals surface area contributed by atoms with Crippen molar-refractivity contribution in [3.63, 3.8) is 0 Å². The van der Waals surface area contributed by atoms with Crippen LogP contribution in [0.1, 0.15) is 39.5 Å². The van der Waals surface area contributed by atoms with Gasteiger partial charge in [-0.2, -0.15) is 0 Å². The molecule has 0 aromatic heterocycles. The zero-order valence-corrected chi connectivity index (χ0v) is 13.6. The van der Waals surface area contributed by atoms with Crippen LogP contribution >= 0.6 is 0 Å². The molecular weight excluding hydrogens is 290 g/mol. The zero-order valence-electron chi connectivity index (χ0n) is 13.6. The number of carbonyl (C=O) groups is 1. The molecule has 0 saturated carbocycles. The first kappa shape index (κ1) is 17.6. The second-order valence-corrected chi connectivity index (χ2v) is 6.64. The Morgan fingerprint density at radius 2 is 1.91 bits per heavy atom. The van der Waals surface area contributed by atoms with Crippen LogP contribution in [0.3, 0.4) is 0 Å². The molecule has 6 heteroatoms. The van der Waals surface area contributed by atoms with Crippen LogP contribution in [0.2, 0.25) is 0 Å². The van der Waals surface area contributed by atoms with E-state index in [0.717, 1.165) is 6.42 Å². The second kappa shape index (κ2) is 7.21. The molecule has 0 radical (unpaired) electrons. The molecule has 2 aliphatic rings. The van der Waals surface area contributed by atoms with Crippen molar-refractivity contribution in [3.8, 4) is 0 Å². The average molecular weight is 318 g/mol. The Morgan fingerprint density at radius 1 is 1.27 bits per heavy atom. The molecule has 0 unspecified atom stereocenters. The van der Waals surface area contributed by atoms with Gasteiger partial charge in [0, 0.05) is 45.4 Å². The number of alkyl halides is 2. The minimum atomic E-state index is -2.53. The molecule has 4 nitrogen and oxygen atoms in total. The summed E-state index contributed by atoms with van der Waals surface area (Å²) in [5, 5.41) is 9.74. The third-order valence-corrected chi connectivity index (χ3v) is 5.32. The van der Waals surface area contributed by atoms with Crippen molar-refractivity contribution in [2.24, 2.45) is 11.8 Å². The maximum atomic E-state index is 13.3. The van der Waals surface area contributed by atoms with Crippen LogP contribution in [0.25, 0.3) is 0 Å². The predicted molar refractivity (Wildman–Crippen MR) is 80.8 cm³/mol. The van der Waals surface area contributed by atoms with E-state index in [0.29, 0.717) is 38.5 Å². The third-order valence-electron chi connectivity index (χ3n) is 5.32. The van der Waals surface area contributed by atoms with Crippen molar-refractivity contribution < 1.29 is 18.7 Å². The number of aliphatic hydroxyl groups excluding tert-OH is 1. The third kappa shape index (κ3) is 3.77. The Labute approximate surface area is 131 Å². The Morgan fingerprint density at radius 3 is 2.41 bits per heavy atom. The van der Waals surface area contributed by atoms with Crippen LogP contribution in [-0.4, -0.2) is 65.6 Å². The number of carbonyl (C=O) groups excluding carboxylic acids is 1. The number of aliphatic hydroxyl groups is 1. The maximum absolute atomic E-state index is 13.3. The Hall–Kier alpha value is -0.750. The molecule has 0 aromatic rings. The number of likely N-dealkylation sites (tertiary alicyclic amines) is 2. The first-order valence-corrected chi connectivity index (χ1v) is 8.42. The average Bonchev–Trinajstić information content (AvgIpc) is 2.86. The molecule has 0 spiro atoms. The van der Waals surface area contributed by atoms with Gasteiger partial charge in [-0.25, -0.2) is 8.78 Å². The van der Waals surface area contributed by atoms with E-state index in [2.05, 4.69) is 11.8 Å². The van der Waals surface area contributed by atoms with Crippen molar-refractivity contribution >= 4 is 5.91 Å². The van der Waals surface area contributed by atoms with Gasteiger partial charge in [-0.15, -0.1) is 0 Å². The lowest BCUT2D eigenvalue weighted by molar-refractivity contribution is -0.133. The Balaban J connectivity index is 2.02. The molecule has 2 heterocycles. The minimum absolute atomic E-state index is 0.0447. The quantitative estimate of drug-likeness (QED) is 0.843. The van der Waals surface area contributed by atoms with Gasteiger partial charge in [0.05, 0.1) is 12.6 Å². The highest BCUT2D eigenvalue weighted by atomic mass is 19.3. The molecule has 2 saturated heterocycles. The fraction of sp³-hybridized carbons (Fsp3) is 0.938. The first-order valence-electron chi connectivity index (χ1n) is 8.42. The van der Waals surface area contributed by atoms with Crippen LogP contribution in [0.5, 0.6) is 0 Å². The maximum Gasteiger partial charge on any atom is 0.250 e. The summed E-state index contributed by atoms with van der Waals surface area (Å²) >= 11 is 0. The number of rotatable bonds is 5. The van der Waals surface area contributed by atoms with E-state index >= 15 is 0 Å². The number of nitrogens with zero attached hydrogens (tertiary/aromatic N) is 2. The van der Waals surface area contributed by atoms with Gasteiger partial charge in [0.1, 0.15) is 0 Å². The molecule has 128 valence electrons. The van der Waals surface area contributed by atoms with E-state index in [1.807, 2.05) is 6.92 Å². The molecule has 2 fully saturated rings. The normalized spacial score (nSPS) is 32.4. The Kier molecular flexibility index (Phi) is 5.77. The molecule has 2 aliphatic heterocycles. The van der Waals surface area contributed by atoms with Gasteiger partial charge >= 0.3 is 0 Å². The summed E-state index contributed by atoms with van der Waals surface area (Å²) in [5.74, 6) is -1.94. The summed E-state index contributed by atoms with van der Waals surface area (Å²) in [5.41, 5.74) is 0. The first-order chi connectivity index (χ1) is 10.4. The SMILES string of the molecule is CCC(=O)N1C[C@@H](CC)[C@@H](CN2CCC(F)(F)CC2)[C@H]1CO. The highest BCUT2D eigenvalue weighted by molar-refractivity contribution is 5.76. The Bertz CT molecular complexity index is 382. The van der Waals surface area contributed by atoms with Crippen molar-refractivity contribution in [3.05, 3.63) is 0 Å². The largest absolute Gasteiger partial charge is 0.394 e. The molecular formula is C16H28F2N2O2. The molecule has 22 heavy (non-hydrogen) atoms. The standard InChI is InChI=1S/C16H28F2N2O2/c1-3-12-9-20(15(22)4-2)14(11-21)13(12)10-19-7-5-16(17,18)6-8-19/h12-14,21H,3-11H2,1-2H3/t12-,13-,14-/m1/s1. The number of hydrogen-bond acceptors (Lipinski definition) is 3. The molecule has 1 amide bonds. The topological polar surface area (TPSA) is 43.8 Å². The van der Waals surface area contributed by atoms with Crippen LogP contribution in [-0.2, 0) is 4.79 Å². The van der Waals surface area contributed by atoms with E-state index in [9.17, 15) is 18.7 Å². The van der Waals surface area contributed by atoms with Crippen LogP contribution in [0.15, 0.2) is 0 Å². The van der Waals surface area contributed by atoms with Crippen LogP contribution < -0.4 is 0 Å². The molecule has 0 bridgehead atoms. The molecule has 0 aromatic carbocycles. The number of piperidine rings is 1. The zero-order chi connectivity index (χ0) is 16.3. The van der Waals surface area contributed by atoms with E-state index < -0.39 is 5.92 Å². The summed E-state index contributed by atoms with van der Waals surface area (Å²) in [4.78, 5) is 15.9. The van der Waals surface area contributed by atoms with Crippen molar-refractivity contribution in [1.29, 1.82) is 0 Å². The van der Waals surface area contributed by atoms with E-state index in [1.165, 1.54) is 0 Å².